The lowest BCUT2D eigenvalue weighted by molar-refractivity contribution is 0.221. The van der Waals surface area contributed by atoms with Gasteiger partial charge in [-0.15, -0.1) is 11.3 Å². The largest absolute Gasteiger partial charge is 0.508 e. The minimum atomic E-state index is 0.255. The number of pyridine rings is 1. The fourth-order valence-electron chi connectivity index (χ4n) is 1.81. The zero-order valence-corrected chi connectivity index (χ0v) is 11.6. The van der Waals surface area contributed by atoms with Crippen LogP contribution in [0.5, 0.6) is 5.75 Å². The molecule has 0 amide bonds. The van der Waals surface area contributed by atoms with E-state index in [4.69, 9.17) is 4.74 Å². The number of phenols is 1. The average molecular weight is 287 g/mol. The van der Waals surface area contributed by atoms with Crippen LogP contribution in [0.1, 0.15) is 0 Å². The Kier molecular flexibility index (Phi) is 3.49. The third kappa shape index (κ3) is 2.56. The van der Waals surface area contributed by atoms with Gasteiger partial charge in [0, 0.05) is 18.9 Å². The summed E-state index contributed by atoms with van der Waals surface area (Å²) in [4.78, 5) is 8.84. The Morgan fingerprint density at radius 1 is 1.30 bits per heavy atom. The van der Waals surface area contributed by atoms with Crippen molar-refractivity contribution in [1.29, 1.82) is 0 Å². The van der Waals surface area contributed by atoms with E-state index in [1.165, 1.54) is 11.3 Å². The van der Waals surface area contributed by atoms with E-state index < -0.39 is 0 Å². The molecule has 0 bridgehead atoms. The Morgan fingerprint density at radius 3 is 2.95 bits per heavy atom. The van der Waals surface area contributed by atoms with Crippen LogP contribution in [0.4, 0.5) is 5.82 Å². The predicted octanol–water partition coefficient (Wildman–Crippen LogP) is 3.08. The smallest absolute Gasteiger partial charge is 0.127 e. The number of ether oxygens (including phenoxy) is 1. The normalized spacial score (nSPS) is 10.8. The second-order valence-electron chi connectivity index (χ2n) is 4.21. The molecule has 0 aliphatic carbocycles. The van der Waals surface area contributed by atoms with Crippen molar-refractivity contribution in [2.24, 2.45) is 0 Å². The lowest BCUT2D eigenvalue weighted by atomic mass is 10.3. The number of nitrogens with zero attached hydrogens (tertiary/aromatic N) is 2. The molecule has 2 heterocycles. The van der Waals surface area contributed by atoms with Crippen LogP contribution in [0.2, 0.25) is 0 Å². The minimum Gasteiger partial charge on any atom is -0.508 e. The number of aromatic nitrogens is 2. The SMILES string of the molecule is COCNc1ccc(-c2nc3ccc(O)cc3s2)cn1. The Hall–Kier alpha value is -2.18. The highest BCUT2D eigenvalue weighted by Gasteiger charge is 2.07. The van der Waals surface area contributed by atoms with Gasteiger partial charge in [0.2, 0.25) is 0 Å². The first kappa shape index (κ1) is 12.8. The van der Waals surface area contributed by atoms with Crippen LogP contribution in [-0.2, 0) is 4.74 Å². The van der Waals surface area contributed by atoms with Gasteiger partial charge in [0.25, 0.3) is 0 Å². The summed E-state index contributed by atoms with van der Waals surface area (Å²) in [6.07, 6.45) is 1.77. The summed E-state index contributed by atoms with van der Waals surface area (Å²) in [6.45, 7) is 0.423. The van der Waals surface area contributed by atoms with Crippen molar-refractivity contribution in [3.63, 3.8) is 0 Å². The van der Waals surface area contributed by atoms with Crippen molar-refractivity contribution in [3.05, 3.63) is 36.5 Å². The summed E-state index contributed by atoms with van der Waals surface area (Å²) in [7, 11) is 1.62. The van der Waals surface area contributed by atoms with Crippen LogP contribution in [0.25, 0.3) is 20.8 Å². The lowest BCUT2D eigenvalue weighted by Crippen LogP contribution is -2.04. The number of hydrogen-bond acceptors (Lipinski definition) is 6. The van der Waals surface area contributed by atoms with Crippen LogP contribution in [0, 0.1) is 0 Å². The number of aromatic hydroxyl groups is 1. The van der Waals surface area contributed by atoms with Crippen LogP contribution >= 0.6 is 11.3 Å². The van der Waals surface area contributed by atoms with Crippen molar-refractivity contribution in [2.45, 2.75) is 0 Å². The summed E-state index contributed by atoms with van der Waals surface area (Å²) in [5, 5.41) is 13.4. The quantitative estimate of drug-likeness (QED) is 0.722. The van der Waals surface area contributed by atoms with E-state index >= 15 is 0 Å². The molecule has 0 spiro atoms. The van der Waals surface area contributed by atoms with E-state index in [1.54, 1.807) is 25.4 Å². The molecule has 102 valence electrons. The van der Waals surface area contributed by atoms with E-state index in [9.17, 15) is 5.11 Å². The molecule has 0 saturated carbocycles. The minimum absolute atomic E-state index is 0.255. The molecule has 5 nitrogen and oxygen atoms in total. The van der Waals surface area contributed by atoms with Gasteiger partial charge < -0.3 is 15.2 Å². The van der Waals surface area contributed by atoms with E-state index in [1.807, 2.05) is 18.2 Å². The number of hydrogen-bond donors (Lipinski definition) is 2. The molecular weight excluding hydrogens is 274 g/mol. The molecule has 6 heteroatoms. The van der Waals surface area contributed by atoms with Gasteiger partial charge in [-0.05, 0) is 30.3 Å². The Balaban J connectivity index is 1.90. The molecule has 2 N–H and O–H groups in total. The van der Waals surface area contributed by atoms with Gasteiger partial charge in [-0.1, -0.05) is 0 Å². The molecule has 20 heavy (non-hydrogen) atoms. The number of nitrogens with one attached hydrogen (secondary N) is 1. The van der Waals surface area contributed by atoms with Crippen molar-refractivity contribution in [3.8, 4) is 16.3 Å². The zero-order chi connectivity index (χ0) is 13.9. The summed E-state index contributed by atoms with van der Waals surface area (Å²) >= 11 is 1.53. The number of fused-ring (bicyclic) bond motifs is 1. The lowest BCUT2D eigenvalue weighted by Gasteiger charge is -2.03. The first-order chi connectivity index (χ1) is 9.76. The molecule has 3 aromatic rings. The van der Waals surface area contributed by atoms with E-state index in [-0.39, 0.29) is 5.75 Å². The highest BCUT2D eigenvalue weighted by atomic mass is 32.1. The summed E-state index contributed by atoms with van der Waals surface area (Å²) in [5.41, 5.74) is 1.83. The van der Waals surface area contributed by atoms with Crippen molar-refractivity contribution in [2.75, 3.05) is 19.2 Å². The molecule has 0 aliphatic rings. The Morgan fingerprint density at radius 2 is 2.20 bits per heavy atom. The number of benzene rings is 1. The van der Waals surface area contributed by atoms with Crippen LogP contribution in [0.15, 0.2) is 36.5 Å². The molecule has 0 fully saturated rings. The number of methoxy groups -OCH3 is 1. The molecule has 0 radical (unpaired) electrons. The molecule has 0 saturated heterocycles. The number of phenolic OH excluding ortho intramolecular Hbond substituents is 1. The van der Waals surface area contributed by atoms with Gasteiger partial charge in [0.15, 0.2) is 0 Å². The molecular formula is C14H13N3O2S. The molecule has 3 rings (SSSR count). The average Bonchev–Trinajstić information content (AvgIpc) is 2.88. The second-order valence-corrected chi connectivity index (χ2v) is 5.24. The molecule has 1 aromatic carbocycles. The summed E-state index contributed by atoms with van der Waals surface area (Å²) in [5.74, 6) is 1.01. The fourth-order valence-corrected chi connectivity index (χ4v) is 2.80. The highest BCUT2D eigenvalue weighted by Crippen LogP contribution is 2.31. The second kappa shape index (κ2) is 5.44. The molecule has 2 aromatic heterocycles. The maximum absolute atomic E-state index is 9.48. The topological polar surface area (TPSA) is 67.3 Å². The fraction of sp³-hybridized carbons (Fsp3) is 0.143. The highest BCUT2D eigenvalue weighted by molar-refractivity contribution is 7.21. The third-order valence-corrected chi connectivity index (χ3v) is 3.85. The summed E-state index contributed by atoms with van der Waals surface area (Å²) < 4.78 is 5.89. The van der Waals surface area contributed by atoms with E-state index in [0.29, 0.717) is 6.73 Å². The number of rotatable bonds is 4. The molecule has 0 aliphatic heterocycles. The van der Waals surface area contributed by atoms with Crippen LogP contribution < -0.4 is 5.32 Å². The Bertz CT molecular complexity index is 725. The van der Waals surface area contributed by atoms with Gasteiger partial charge in [0.05, 0.1) is 10.2 Å². The van der Waals surface area contributed by atoms with Gasteiger partial charge in [0.1, 0.15) is 23.3 Å². The maximum atomic E-state index is 9.48. The van der Waals surface area contributed by atoms with Gasteiger partial charge in [-0.25, -0.2) is 9.97 Å². The first-order valence-electron chi connectivity index (χ1n) is 6.05. The van der Waals surface area contributed by atoms with Gasteiger partial charge in [-0.2, -0.15) is 0 Å². The molecule has 0 atom stereocenters. The number of anilines is 1. The van der Waals surface area contributed by atoms with Gasteiger partial charge in [-0.3, -0.25) is 0 Å². The Labute approximate surface area is 119 Å². The van der Waals surface area contributed by atoms with Gasteiger partial charge >= 0.3 is 0 Å². The van der Waals surface area contributed by atoms with Crippen molar-refractivity contribution < 1.29 is 9.84 Å². The summed E-state index contributed by atoms with van der Waals surface area (Å²) in [6, 6.07) is 9.02. The van der Waals surface area contributed by atoms with Crippen molar-refractivity contribution >= 4 is 27.4 Å². The molecule has 0 unspecified atom stereocenters. The van der Waals surface area contributed by atoms with Crippen LogP contribution in [0.3, 0.4) is 0 Å². The monoisotopic (exact) mass is 287 g/mol. The van der Waals surface area contributed by atoms with E-state index in [2.05, 4.69) is 15.3 Å². The predicted molar refractivity (Wildman–Crippen MR) is 80.0 cm³/mol. The number of thiazole rings is 1. The van der Waals surface area contributed by atoms with Crippen LogP contribution in [-0.4, -0.2) is 28.9 Å². The van der Waals surface area contributed by atoms with E-state index in [0.717, 1.165) is 26.6 Å². The first-order valence-corrected chi connectivity index (χ1v) is 6.87. The maximum Gasteiger partial charge on any atom is 0.127 e. The zero-order valence-electron chi connectivity index (χ0n) is 10.8. The van der Waals surface area contributed by atoms with Crippen molar-refractivity contribution in [1.82, 2.24) is 9.97 Å². The third-order valence-electron chi connectivity index (χ3n) is 2.78. The standard InChI is InChI=1S/C14H13N3O2S/c1-19-8-16-13-5-2-9(7-15-13)14-17-11-4-3-10(18)6-12(11)20-14/h2-7,18H,8H2,1H3,(H,15,16).